The zero-order valence-corrected chi connectivity index (χ0v) is 12.2. The summed E-state index contributed by atoms with van der Waals surface area (Å²) in [7, 11) is 1.38. The van der Waals surface area contributed by atoms with E-state index in [1.54, 1.807) is 0 Å². The first-order chi connectivity index (χ1) is 8.47. The standard InChI is InChI=1S/C13H27NO4/c1-10(2)8-17-6-7-18-9-12(13(15)16-5)14-11(3)4/h10-12,14H,6-9H2,1-5H3. The summed E-state index contributed by atoms with van der Waals surface area (Å²) in [5.74, 6) is 0.224. The topological polar surface area (TPSA) is 56.8 Å². The van der Waals surface area contributed by atoms with Crippen LogP contribution in [0.25, 0.3) is 0 Å². The molecule has 5 heteroatoms. The zero-order valence-electron chi connectivity index (χ0n) is 12.2. The molecule has 0 aliphatic carbocycles. The molecule has 0 saturated heterocycles. The van der Waals surface area contributed by atoms with E-state index in [-0.39, 0.29) is 12.0 Å². The molecule has 5 nitrogen and oxygen atoms in total. The van der Waals surface area contributed by atoms with Gasteiger partial charge in [-0.2, -0.15) is 0 Å². The average molecular weight is 261 g/mol. The van der Waals surface area contributed by atoms with E-state index < -0.39 is 6.04 Å². The maximum absolute atomic E-state index is 11.5. The molecule has 0 aliphatic heterocycles. The molecule has 0 fully saturated rings. The molecule has 1 unspecified atom stereocenters. The fraction of sp³-hybridized carbons (Fsp3) is 0.923. The van der Waals surface area contributed by atoms with Crippen molar-refractivity contribution in [1.29, 1.82) is 0 Å². The molecule has 108 valence electrons. The Balaban J connectivity index is 3.73. The lowest BCUT2D eigenvalue weighted by Gasteiger charge is -2.19. The van der Waals surface area contributed by atoms with E-state index in [1.165, 1.54) is 7.11 Å². The van der Waals surface area contributed by atoms with Gasteiger partial charge < -0.3 is 19.5 Å². The van der Waals surface area contributed by atoms with Gasteiger partial charge in [0.2, 0.25) is 0 Å². The van der Waals surface area contributed by atoms with Gasteiger partial charge in [0.25, 0.3) is 0 Å². The van der Waals surface area contributed by atoms with Crippen molar-refractivity contribution in [2.24, 2.45) is 5.92 Å². The number of hydrogen-bond donors (Lipinski definition) is 1. The molecular weight excluding hydrogens is 234 g/mol. The van der Waals surface area contributed by atoms with E-state index in [4.69, 9.17) is 14.2 Å². The van der Waals surface area contributed by atoms with Crippen molar-refractivity contribution in [2.75, 3.05) is 33.5 Å². The molecule has 0 bridgehead atoms. The summed E-state index contributed by atoms with van der Waals surface area (Å²) in [6.07, 6.45) is 0. The number of ether oxygens (including phenoxy) is 3. The molecule has 0 aromatic rings. The first-order valence-corrected chi connectivity index (χ1v) is 6.46. The molecule has 1 atom stereocenters. The van der Waals surface area contributed by atoms with E-state index in [9.17, 15) is 4.79 Å². The first kappa shape index (κ1) is 17.4. The quantitative estimate of drug-likeness (QED) is 0.473. The molecule has 1 N–H and O–H groups in total. The fourth-order valence-electron chi connectivity index (χ4n) is 1.37. The fourth-order valence-corrected chi connectivity index (χ4v) is 1.37. The SMILES string of the molecule is COC(=O)C(COCCOCC(C)C)NC(C)C. The van der Waals surface area contributed by atoms with E-state index in [0.29, 0.717) is 25.7 Å². The van der Waals surface area contributed by atoms with E-state index in [1.807, 2.05) is 13.8 Å². The summed E-state index contributed by atoms with van der Waals surface area (Å²) < 4.78 is 15.5. The van der Waals surface area contributed by atoms with Gasteiger partial charge in [-0.05, 0) is 5.92 Å². The van der Waals surface area contributed by atoms with Gasteiger partial charge in [-0.15, -0.1) is 0 Å². The predicted octanol–water partition coefficient (Wildman–Crippen LogP) is 1.22. The third kappa shape index (κ3) is 9.39. The number of carbonyl (C=O) groups excluding carboxylic acids is 1. The number of nitrogens with one attached hydrogen (secondary N) is 1. The lowest BCUT2D eigenvalue weighted by molar-refractivity contribution is -0.145. The highest BCUT2D eigenvalue weighted by molar-refractivity contribution is 5.75. The lowest BCUT2D eigenvalue weighted by atomic mass is 10.2. The Morgan fingerprint density at radius 1 is 1.06 bits per heavy atom. The van der Waals surface area contributed by atoms with Crippen molar-refractivity contribution in [3.05, 3.63) is 0 Å². The van der Waals surface area contributed by atoms with E-state index >= 15 is 0 Å². The molecule has 0 aliphatic rings. The predicted molar refractivity (Wildman–Crippen MR) is 70.6 cm³/mol. The largest absolute Gasteiger partial charge is 0.468 e. The van der Waals surface area contributed by atoms with Crippen molar-refractivity contribution in [1.82, 2.24) is 5.32 Å². The van der Waals surface area contributed by atoms with Gasteiger partial charge in [0.05, 0.1) is 26.9 Å². The van der Waals surface area contributed by atoms with Crippen LogP contribution in [0.4, 0.5) is 0 Å². The lowest BCUT2D eigenvalue weighted by Crippen LogP contribution is -2.45. The summed E-state index contributed by atoms with van der Waals surface area (Å²) >= 11 is 0. The van der Waals surface area contributed by atoms with Crippen LogP contribution < -0.4 is 5.32 Å². The normalized spacial score (nSPS) is 13.1. The number of carbonyl (C=O) groups is 1. The Bertz CT molecular complexity index is 219. The van der Waals surface area contributed by atoms with Crippen molar-refractivity contribution in [3.8, 4) is 0 Å². The number of rotatable bonds is 10. The molecule has 0 radical (unpaired) electrons. The van der Waals surface area contributed by atoms with Crippen molar-refractivity contribution in [3.63, 3.8) is 0 Å². The Morgan fingerprint density at radius 3 is 2.06 bits per heavy atom. The summed E-state index contributed by atoms with van der Waals surface area (Å²) in [5.41, 5.74) is 0. The minimum Gasteiger partial charge on any atom is -0.468 e. The number of methoxy groups -OCH3 is 1. The number of esters is 1. The monoisotopic (exact) mass is 261 g/mol. The van der Waals surface area contributed by atoms with Crippen LogP contribution in [0.3, 0.4) is 0 Å². The van der Waals surface area contributed by atoms with Crippen molar-refractivity contribution < 1.29 is 19.0 Å². The Morgan fingerprint density at radius 2 is 1.61 bits per heavy atom. The molecule has 0 spiro atoms. The van der Waals surface area contributed by atoms with Gasteiger partial charge in [-0.25, -0.2) is 0 Å². The van der Waals surface area contributed by atoms with Crippen LogP contribution in [0, 0.1) is 5.92 Å². The van der Waals surface area contributed by atoms with Gasteiger partial charge in [0.15, 0.2) is 0 Å². The third-order valence-electron chi connectivity index (χ3n) is 2.13. The summed E-state index contributed by atoms with van der Waals surface area (Å²) in [6, 6.07) is -0.213. The zero-order chi connectivity index (χ0) is 14.0. The molecule has 0 amide bonds. The van der Waals surface area contributed by atoms with Crippen LogP contribution in [-0.2, 0) is 19.0 Å². The molecule has 18 heavy (non-hydrogen) atoms. The Hall–Kier alpha value is -0.650. The van der Waals surface area contributed by atoms with Gasteiger partial charge in [0, 0.05) is 12.6 Å². The second kappa shape index (κ2) is 10.3. The molecule has 0 rings (SSSR count). The summed E-state index contributed by atoms with van der Waals surface area (Å²) in [4.78, 5) is 11.5. The summed E-state index contributed by atoms with van der Waals surface area (Å²) in [6.45, 7) is 10.2. The third-order valence-corrected chi connectivity index (χ3v) is 2.13. The highest BCUT2D eigenvalue weighted by Crippen LogP contribution is 1.95. The van der Waals surface area contributed by atoms with Crippen molar-refractivity contribution >= 4 is 5.97 Å². The Kier molecular flexibility index (Phi) is 9.92. The molecule has 0 heterocycles. The average Bonchev–Trinajstić information content (AvgIpc) is 2.30. The van der Waals surface area contributed by atoms with Crippen LogP contribution in [0.1, 0.15) is 27.7 Å². The van der Waals surface area contributed by atoms with Gasteiger partial charge in [-0.3, -0.25) is 4.79 Å². The van der Waals surface area contributed by atoms with E-state index in [2.05, 4.69) is 19.2 Å². The van der Waals surface area contributed by atoms with E-state index in [0.717, 1.165) is 6.61 Å². The van der Waals surface area contributed by atoms with Crippen LogP contribution in [0.15, 0.2) is 0 Å². The minimum atomic E-state index is -0.417. The van der Waals surface area contributed by atoms with Crippen molar-refractivity contribution in [2.45, 2.75) is 39.8 Å². The highest BCUT2D eigenvalue weighted by atomic mass is 16.5. The maximum Gasteiger partial charge on any atom is 0.325 e. The van der Waals surface area contributed by atoms with Crippen LogP contribution in [-0.4, -0.2) is 51.6 Å². The summed E-state index contributed by atoms with van der Waals surface area (Å²) in [5, 5.41) is 3.10. The number of hydrogen-bond acceptors (Lipinski definition) is 5. The molecule has 0 aromatic heterocycles. The van der Waals surface area contributed by atoms with Gasteiger partial charge in [0.1, 0.15) is 6.04 Å². The second-order valence-electron chi connectivity index (χ2n) is 4.94. The maximum atomic E-state index is 11.5. The Labute approximate surface area is 110 Å². The van der Waals surface area contributed by atoms with Gasteiger partial charge in [-0.1, -0.05) is 27.7 Å². The minimum absolute atomic E-state index is 0.204. The van der Waals surface area contributed by atoms with Crippen LogP contribution in [0.2, 0.25) is 0 Å². The van der Waals surface area contributed by atoms with Gasteiger partial charge >= 0.3 is 5.97 Å². The molecular formula is C13H27NO4. The highest BCUT2D eigenvalue weighted by Gasteiger charge is 2.19. The van der Waals surface area contributed by atoms with Crippen LogP contribution >= 0.6 is 0 Å². The second-order valence-corrected chi connectivity index (χ2v) is 4.94. The molecule has 0 aromatic carbocycles. The smallest absolute Gasteiger partial charge is 0.325 e. The first-order valence-electron chi connectivity index (χ1n) is 6.46. The van der Waals surface area contributed by atoms with Crippen LogP contribution in [0.5, 0.6) is 0 Å². The molecule has 0 saturated carbocycles.